The topological polar surface area (TPSA) is 119 Å². The fourth-order valence-electron chi connectivity index (χ4n) is 2.30. The highest BCUT2D eigenvalue weighted by Crippen LogP contribution is 2.20. The summed E-state index contributed by atoms with van der Waals surface area (Å²) < 4.78 is 6.43. The Labute approximate surface area is 148 Å². The fourth-order valence-corrected chi connectivity index (χ4v) is 2.30. The third-order valence-corrected chi connectivity index (χ3v) is 3.54. The molecule has 2 N–H and O–H groups in total. The van der Waals surface area contributed by atoms with E-state index < -0.39 is 12.1 Å². The predicted molar refractivity (Wildman–Crippen MR) is 91.1 cm³/mol. The number of hydrogen-bond donors (Lipinski definition) is 2. The lowest BCUT2D eigenvalue weighted by molar-refractivity contribution is 0.0696. The number of hydrogen-bond acceptors (Lipinski definition) is 6. The van der Waals surface area contributed by atoms with Crippen molar-refractivity contribution in [3.63, 3.8) is 0 Å². The summed E-state index contributed by atoms with van der Waals surface area (Å²) in [5, 5.41) is 22.9. The maximum Gasteiger partial charge on any atom is 0.411 e. The lowest BCUT2D eigenvalue weighted by Gasteiger charge is -2.11. The van der Waals surface area contributed by atoms with Crippen molar-refractivity contribution < 1.29 is 19.4 Å². The number of aromatic carboxylic acids is 1. The maximum absolute atomic E-state index is 12.0. The predicted octanol–water partition coefficient (Wildman–Crippen LogP) is 2.42. The first-order chi connectivity index (χ1) is 12.5. The lowest BCUT2D eigenvalue weighted by atomic mass is 10.1. The van der Waals surface area contributed by atoms with Crippen molar-refractivity contribution in [2.24, 2.45) is 0 Å². The molecule has 26 heavy (non-hydrogen) atoms. The summed E-state index contributed by atoms with van der Waals surface area (Å²) in [5.74, 6) is -0.718. The Kier molecular flexibility index (Phi) is 4.88. The van der Waals surface area contributed by atoms with E-state index in [1.165, 1.54) is 22.9 Å². The maximum atomic E-state index is 12.0. The van der Waals surface area contributed by atoms with Gasteiger partial charge < -0.3 is 9.84 Å². The van der Waals surface area contributed by atoms with Crippen LogP contribution >= 0.6 is 0 Å². The van der Waals surface area contributed by atoms with E-state index in [2.05, 4.69) is 20.8 Å². The van der Waals surface area contributed by atoms with Crippen molar-refractivity contribution in [2.45, 2.75) is 13.5 Å². The van der Waals surface area contributed by atoms with E-state index in [0.29, 0.717) is 11.5 Å². The largest absolute Gasteiger partial charge is 0.478 e. The molecule has 1 amide bonds. The molecule has 0 atom stereocenters. The van der Waals surface area contributed by atoms with E-state index in [4.69, 9.17) is 4.74 Å². The minimum atomic E-state index is -1.13. The molecule has 0 aliphatic rings. The number of carbonyl (C=O) groups excluding carboxylic acids is 1. The molecule has 0 saturated carbocycles. The van der Waals surface area contributed by atoms with E-state index in [9.17, 15) is 14.7 Å². The second-order valence-corrected chi connectivity index (χ2v) is 5.36. The van der Waals surface area contributed by atoms with Crippen LogP contribution in [0.2, 0.25) is 0 Å². The summed E-state index contributed by atoms with van der Waals surface area (Å²) in [4.78, 5) is 23.4. The van der Waals surface area contributed by atoms with Gasteiger partial charge in [0.1, 0.15) is 6.61 Å². The number of nitrogens with one attached hydrogen (secondary N) is 1. The Morgan fingerprint density at radius 3 is 2.62 bits per heavy atom. The Hall–Kier alpha value is -3.75. The van der Waals surface area contributed by atoms with Gasteiger partial charge in [-0.25, -0.2) is 9.59 Å². The number of aromatic nitrogens is 4. The quantitative estimate of drug-likeness (QED) is 0.723. The highest BCUT2D eigenvalue weighted by molar-refractivity contribution is 5.94. The third-order valence-electron chi connectivity index (χ3n) is 3.54. The molecule has 9 nitrogen and oxygen atoms in total. The van der Waals surface area contributed by atoms with Gasteiger partial charge in [0.05, 0.1) is 11.3 Å². The zero-order chi connectivity index (χ0) is 18.5. The van der Waals surface area contributed by atoms with Crippen LogP contribution in [0.4, 0.5) is 10.5 Å². The number of carbonyl (C=O) groups is 2. The summed E-state index contributed by atoms with van der Waals surface area (Å²) in [7, 11) is 0. The summed E-state index contributed by atoms with van der Waals surface area (Å²) >= 11 is 0. The van der Waals surface area contributed by atoms with Crippen LogP contribution in [0.3, 0.4) is 0 Å². The van der Waals surface area contributed by atoms with Crippen LogP contribution in [0.25, 0.3) is 5.69 Å². The van der Waals surface area contributed by atoms with E-state index in [-0.39, 0.29) is 17.9 Å². The fraction of sp³-hybridized carbons (Fsp3) is 0.118. The molecule has 0 radical (unpaired) electrons. The molecule has 0 bridgehead atoms. The molecular formula is C17H15N5O4. The Balaban J connectivity index is 1.77. The molecule has 0 unspecified atom stereocenters. The van der Waals surface area contributed by atoms with Gasteiger partial charge in [-0.3, -0.25) is 5.32 Å². The average molecular weight is 353 g/mol. The third kappa shape index (κ3) is 3.83. The van der Waals surface area contributed by atoms with Crippen molar-refractivity contribution in [1.82, 2.24) is 20.2 Å². The van der Waals surface area contributed by atoms with Gasteiger partial charge in [-0.05, 0) is 41.1 Å². The zero-order valence-electron chi connectivity index (χ0n) is 13.8. The number of amides is 1. The molecule has 1 heterocycles. The van der Waals surface area contributed by atoms with Crippen LogP contribution < -0.4 is 5.32 Å². The first-order valence-corrected chi connectivity index (χ1v) is 7.65. The molecule has 3 rings (SSSR count). The Morgan fingerprint density at radius 2 is 1.96 bits per heavy atom. The van der Waals surface area contributed by atoms with Gasteiger partial charge in [0.15, 0.2) is 5.82 Å². The van der Waals surface area contributed by atoms with Crippen molar-refractivity contribution >= 4 is 17.7 Å². The first kappa shape index (κ1) is 17.1. The second-order valence-electron chi connectivity index (χ2n) is 5.36. The lowest BCUT2D eigenvalue weighted by Crippen LogP contribution is -2.15. The number of anilines is 1. The second kappa shape index (κ2) is 7.43. The van der Waals surface area contributed by atoms with Gasteiger partial charge in [-0.15, -0.1) is 5.10 Å². The molecule has 0 aliphatic carbocycles. The van der Waals surface area contributed by atoms with Crippen LogP contribution in [0.15, 0.2) is 48.5 Å². The van der Waals surface area contributed by atoms with Crippen LogP contribution in [0.1, 0.15) is 21.7 Å². The van der Waals surface area contributed by atoms with Crippen LogP contribution in [0, 0.1) is 6.92 Å². The molecular weight excluding hydrogens is 338 g/mol. The summed E-state index contributed by atoms with van der Waals surface area (Å²) in [5.41, 5.74) is 1.45. The standard InChI is InChI=1S/C17H15N5O4/c1-11-19-20-21-22(11)15-9-13(7-8-14(15)16(23)24)18-17(25)26-10-12-5-3-2-4-6-12/h2-9H,10H2,1H3,(H,18,25)(H,23,24). The zero-order valence-corrected chi connectivity index (χ0v) is 13.8. The summed E-state index contributed by atoms with van der Waals surface area (Å²) in [6.07, 6.45) is -0.656. The van der Waals surface area contributed by atoms with Crippen LogP contribution in [0.5, 0.6) is 0 Å². The molecule has 0 saturated heterocycles. The number of ether oxygens (including phenoxy) is 1. The van der Waals surface area contributed by atoms with Crippen molar-refractivity contribution in [2.75, 3.05) is 5.32 Å². The van der Waals surface area contributed by atoms with Crippen LogP contribution in [-0.2, 0) is 11.3 Å². The monoisotopic (exact) mass is 353 g/mol. The number of benzene rings is 2. The minimum absolute atomic E-state index is 0.00334. The molecule has 3 aromatic rings. The number of nitrogens with zero attached hydrogens (tertiary/aromatic N) is 4. The molecule has 1 aromatic heterocycles. The number of aryl methyl sites for hydroxylation is 1. The summed E-state index contributed by atoms with van der Waals surface area (Å²) in [6, 6.07) is 13.6. The highest BCUT2D eigenvalue weighted by atomic mass is 16.5. The Bertz CT molecular complexity index is 939. The van der Waals surface area contributed by atoms with E-state index in [1.54, 1.807) is 6.92 Å². The van der Waals surface area contributed by atoms with Gasteiger partial charge in [-0.1, -0.05) is 30.3 Å². The molecule has 132 valence electrons. The minimum Gasteiger partial charge on any atom is -0.478 e. The van der Waals surface area contributed by atoms with Crippen LogP contribution in [-0.4, -0.2) is 37.4 Å². The van der Waals surface area contributed by atoms with E-state index in [1.807, 2.05) is 30.3 Å². The van der Waals surface area contributed by atoms with E-state index >= 15 is 0 Å². The van der Waals surface area contributed by atoms with E-state index in [0.717, 1.165) is 5.56 Å². The SMILES string of the molecule is Cc1nnnn1-c1cc(NC(=O)OCc2ccccc2)ccc1C(=O)O. The first-order valence-electron chi connectivity index (χ1n) is 7.65. The van der Waals surface area contributed by atoms with Crippen molar-refractivity contribution in [1.29, 1.82) is 0 Å². The highest BCUT2D eigenvalue weighted by Gasteiger charge is 2.16. The van der Waals surface area contributed by atoms with Gasteiger partial charge in [-0.2, -0.15) is 4.68 Å². The molecule has 0 spiro atoms. The Morgan fingerprint density at radius 1 is 1.19 bits per heavy atom. The normalized spacial score (nSPS) is 10.3. The van der Waals surface area contributed by atoms with Gasteiger partial charge >= 0.3 is 12.1 Å². The number of rotatable bonds is 5. The number of tetrazole rings is 1. The average Bonchev–Trinajstić information content (AvgIpc) is 3.06. The molecule has 0 fully saturated rings. The van der Waals surface area contributed by atoms with Crippen molar-refractivity contribution in [3.8, 4) is 5.69 Å². The molecule has 9 heteroatoms. The van der Waals surface area contributed by atoms with Crippen molar-refractivity contribution in [3.05, 3.63) is 65.5 Å². The number of carboxylic acids is 1. The van der Waals surface area contributed by atoms with Gasteiger partial charge in [0.2, 0.25) is 0 Å². The summed E-state index contributed by atoms with van der Waals surface area (Å²) in [6.45, 7) is 1.76. The number of carboxylic acid groups (broad SMARTS) is 1. The molecule has 0 aliphatic heterocycles. The smallest absolute Gasteiger partial charge is 0.411 e. The van der Waals surface area contributed by atoms with Gasteiger partial charge in [0.25, 0.3) is 0 Å². The van der Waals surface area contributed by atoms with Gasteiger partial charge in [0, 0.05) is 5.69 Å². The molecule has 2 aromatic carbocycles.